The van der Waals surface area contributed by atoms with Gasteiger partial charge in [-0.1, -0.05) is 72.8 Å². The molecule has 1 heterocycles. The number of nitrogens with one attached hydrogen (secondary N) is 2. The van der Waals surface area contributed by atoms with Crippen molar-refractivity contribution in [2.24, 2.45) is 0 Å². The maximum Gasteiger partial charge on any atom is 0.253 e. The van der Waals surface area contributed by atoms with E-state index in [1.165, 1.54) is 0 Å². The molecule has 0 aromatic heterocycles. The second-order valence-electron chi connectivity index (χ2n) is 8.02. The molecule has 5 heteroatoms. The van der Waals surface area contributed by atoms with Crippen LogP contribution in [-0.4, -0.2) is 31.1 Å². The number of amides is 2. The molecule has 0 spiro atoms. The molecular formula is C27H28N2O3. The minimum absolute atomic E-state index is 0.0678. The van der Waals surface area contributed by atoms with Crippen LogP contribution in [0.4, 0.5) is 5.69 Å². The highest BCUT2D eigenvalue weighted by Gasteiger charge is 2.21. The molecule has 0 saturated carbocycles. The van der Waals surface area contributed by atoms with Gasteiger partial charge in [-0.2, -0.15) is 0 Å². The van der Waals surface area contributed by atoms with Crippen molar-refractivity contribution in [1.29, 1.82) is 0 Å². The maximum atomic E-state index is 13.0. The number of benzene rings is 3. The van der Waals surface area contributed by atoms with Crippen LogP contribution < -0.4 is 10.6 Å². The van der Waals surface area contributed by atoms with E-state index < -0.39 is 0 Å². The molecule has 3 aromatic rings. The largest absolute Gasteiger partial charge is 0.376 e. The zero-order chi connectivity index (χ0) is 22.2. The summed E-state index contributed by atoms with van der Waals surface area (Å²) < 4.78 is 5.58. The van der Waals surface area contributed by atoms with Crippen LogP contribution in [0.25, 0.3) is 0 Å². The van der Waals surface area contributed by atoms with E-state index in [1.54, 1.807) is 18.2 Å². The summed E-state index contributed by atoms with van der Waals surface area (Å²) in [5.41, 5.74) is 3.13. The molecule has 0 bridgehead atoms. The van der Waals surface area contributed by atoms with Crippen molar-refractivity contribution in [2.75, 3.05) is 18.5 Å². The lowest BCUT2D eigenvalue weighted by atomic mass is 9.88. The van der Waals surface area contributed by atoms with Gasteiger partial charge in [0.2, 0.25) is 5.91 Å². The van der Waals surface area contributed by atoms with Crippen LogP contribution in [0.1, 0.15) is 46.7 Å². The van der Waals surface area contributed by atoms with Gasteiger partial charge in [-0.05, 0) is 36.1 Å². The minimum Gasteiger partial charge on any atom is -0.376 e. The first-order chi connectivity index (χ1) is 15.7. The standard InChI is InChI=1S/C27H28N2O3/c30-26(18-24(20-10-3-1-4-11-20)21-12-5-2-6-13-21)29-25-16-8-7-15-23(25)27(31)28-19-22-14-9-17-32-22/h1-8,10-13,15-16,22,24H,9,14,17-19H2,(H,28,31)(H,29,30)/t22-/m1/s1. The number of hydrogen-bond acceptors (Lipinski definition) is 3. The van der Waals surface area contributed by atoms with Crippen LogP contribution in [0.15, 0.2) is 84.9 Å². The van der Waals surface area contributed by atoms with Crippen LogP contribution >= 0.6 is 0 Å². The van der Waals surface area contributed by atoms with E-state index in [-0.39, 0.29) is 30.3 Å². The van der Waals surface area contributed by atoms with Crippen molar-refractivity contribution in [3.8, 4) is 0 Å². The molecule has 1 saturated heterocycles. The first-order valence-electron chi connectivity index (χ1n) is 11.1. The Labute approximate surface area is 188 Å². The molecule has 1 aliphatic rings. The van der Waals surface area contributed by atoms with Gasteiger partial charge in [-0.25, -0.2) is 0 Å². The topological polar surface area (TPSA) is 67.4 Å². The molecule has 32 heavy (non-hydrogen) atoms. The minimum atomic E-state index is -0.209. The van der Waals surface area contributed by atoms with Crippen LogP contribution in [0.5, 0.6) is 0 Å². The molecule has 164 valence electrons. The van der Waals surface area contributed by atoms with Crippen LogP contribution in [0.2, 0.25) is 0 Å². The summed E-state index contributed by atoms with van der Waals surface area (Å²) in [4.78, 5) is 25.8. The number of ether oxygens (including phenoxy) is 1. The number of rotatable bonds is 8. The quantitative estimate of drug-likeness (QED) is 0.544. The Morgan fingerprint density at radius 3 is 2.12 bits per heavy atom. The van der Waals surface area contributed by atoms with Gasteiger partial charge in [0.05, 0.1) is 17.4 Å². The van der Waals surface area contributed by atoms with E-state index in [0.29, 0.717) is 17.8 Å². The van der Waals surface area contributed by atoms with E-state index in [2.05, 4.69) is 10.6 Å². The SMILES string of the molecule is O=C(CC(c1ccccc1)c1ccccc1)Nc1ccccc1C(=O)NC[C@H]1CCCO1. The Morgan fingerprint density at radius 2 is 1.50 bits per heavy atom. The van der Waals surface area contributed by atoms with Gasteiger partial charge in [0.15, 0.2) is 0 Å². The van der Waals surface area contributed by atoms with E-state index in [9.17, 15) is 9.59 Å². The zero-order valence-electron chi connectivity index (χ0n) is 18.0. The van der Waals surface area contributed by atoms with Crippen LogP contribution in [0.3, 0.4) is 0 Å². The fourth-order valence-electron chi connectivity index (χ4n) is 4.08. The first-order valence-corrected chi connectivity index (χ1v) is 11.1. The van der Waals surface area contributed by atoms with Crippen molar-refractivity contribution < 1.29 is 14.3 Å². The number of carbonyl (C=O) groups excluding carboxylic acids is 2. The molecule has 0 radical (unpaired) electrons. The molecule has 2 amide bonds. The summed E-state index contributed by atoms with van der Waals surface area (Å²) in [7, 11) is 0. The molecule has 1 fully saturated rings. The normalized spacial score (nSPS) is 15.5. The Balaban J connectivity index is 1.46. The van der Waals surface area contributed by atoms with Gasteiger partial charge in [0.1, 0.15) is 0 Å². The van der Waals surface area contributed by atoms with Gasteiger partial charge < -0.3 is 15.4 Å². The van der Waals surface area contributed by atoms with Gasteiger partial charge in [-0.3, -0.25) is 9.59 Å². The summed E-state index contributed by atoms with van der Waals surface area (Å²) in [5.74, 6) is -0.418. The summed E-state index contributed by atoms with van der Waals surface area (Å²) in [6, 6.07) is 27.1. The molecule has 5 nitrogen and oxygen atoms in total. The van der Waals surface area contributed by atoms with Crippen LogP contribution in [0, 0.1) is 0 Å². The summed E-state index contributed by atoms with van der Waals surface area (Å²) in [6.07, 6.45) is 2.33. The Hall–Kier alpha value is -3.44. The molecule has 0 unspecified atom stereocenters. The van der Waals surface area contributed by atoms with Gasteiger partial charge in [-0.15, -0.1) is 0 Å². The first kappa shape index (κ1) is 21.8. The van der Waals surface area contributed by atoms with Crippen molar-refractivity contribution in [3.63, 3.8) is 0 Å². The van der Waals surface area contributed by atoms with E-state index in [4.69, 9.17) is 4.74 Å². The number of anilines is 1. The Morgan fingerprint density at radius 1 is 0.875 bits per heavy atom. The van der Waals surface area contributed by atoms with Crippen LogP contribution in [-0.2, 0) is 9.53 Å². The van der Waals surface area contributed by atoms with Crippen molar-refractivity contribution >= 4 is 17.5 Å². The van der Waals surface area contributed by atoms with Gasteiger partial charge in [0.25, 0.3) is 5.91 Å². The summed E-state index contributed by atoms with van der Waals surface area (Å²) >= 11 is 0. The van der Waals surface area contributed by atoms with E-state index in [0.717, 1.165) is 30.6 Å². The average molecular weight is 429 g/mol. The van der Waals surface area contributed by atoms with Crippen molar-refractivity contribution in [3.05, 3.63) is 102 Å². The summed E-state index contributed by atoms with van der Waals surface area (Å²) in [5, 5.41) is 5.89. The Bertz CT molecular complexity index is 992. The monoisotopic (exact) mass is 428 g/mol. The second-order valence-corrected chi connectivity index (χ2v) is 8.02. The third kappa shape index (κ3) is 5.62. The molecule has 1 atom stereocenters. The lowest BCUT2D eigenvalue weighted by Crippen LogP contribution is -2.32. The van der Waals surface area contributed by atoms with Crippen molar-refractivity contribution in [2.45, 2.75) is 31.3 Å². The number of hydrogen-bond donors (Lipinski definition) is 2. The fourth-order valence-corrected chi connectivity index (χ4v) is 4.08. The smallest absolute Gasteiger partial charge is 0.253 e. The summed E-state index contributed by atoms with van der Waals surface area (Å²) in [6.45, 7) is 1.22. The molecule has 0 aliphatic carbocycles. The molecule has 2 N–H and O–H groups in total. The average Bonchev–Trinajstić information content (AvgIpc) is 3.36. The molecule has 4 rings (SSSR count). The van der Waals surface area contributed by atoms with Gasteiger partial charge in [0, 0.05) is 25.5 Å². The van der Waals surface area contributed by atoms with E-state index >= 15 is 0 Å². The lowest BCUT2D eigenvalue weighted by Gasteiger charge is -2.19. The van der Waals surface area contributed by atoms with Gasteiger partial charge >= 0.3 is 0 Å². The molecule has 3 aromatic carbocycles. The maximum absolute atomic E-state index is 13.0. The Kier molecular flexibility index (Phi) is 7.31. The number of para-hydroxylation sites is 1. The highest BCUT2D eigenvalue weighted by molar-refractivity contribution is 6.03. The predicted molar refractivity (Wildman–Crippen MR) is 126 cm³/mol. The zero-order valence-corrected chi connectivity index (χ0v) is 18.0. The second kappa shape index (κ2) is 10.7. The molecule has 1 aliphatic heterocycles. The fraction of sp³-hybridized carbons (Fsp3) is 0.259. The molecular weight excluding hydrogens is 400 g/mol. The third-order valence-corrected chi connectivity index (χ3v) is 5.75. The number of carbonyl (C=O) groups is 2. The highest BCUT2D eigenvalue weighted by Crippen LogP contribution is 2.28. The lowest BCUT2D eigenvalue weighted by molar-refractivity contribution is -0.116. The van der Waals surface area contributed by atoms with Crippen molar-refractivity contribution in [1.82, 2.24) is 5.32 Å². The highest BCUT2D eigenvalue weighted by atomic mass is 16.5. The van der Waals surface area contributed by atoms with E-state index in [1.807, 2.05) is 66.7 Å². The third-order valence-electron chi connectivity index (χ3n) is 5.75. The predicted octanol–water partition coefficient (Wildman–Crippen LogP) is 4.76.